The van der Waals surface area contributed by atoms with E-state index in [1.807, 2.05) is 0 Å². The number of benzene rings is 1. The van der Waals surface area contributed by atoms with E-state index in [9.17, 15) is 13.2 Å². The summed E-state index contributed by atoms with van der Waals surface area (Å²) >= 11 is 5.88. The molecule has 0 bridgehead atoms. The molecule has 0 fully saturated rings. The maximum absolute atomic E-state index is 12.1. The summed E-state index contributed by atoms with van der Waals surface area (Å²) in [4.78, 5) is 3.87. The SMILES string of the molecule is FC(F)(F)Oc1ccc(-c2nnc3c(Cl)nccn23)cc1. The van der Waals surface area contributed by atoms with Gasteiger partial charge in [0, 0.05) is 18.0 Å². The van der Waals surface area contributed by atoms with Crippen molar-refractivity contribution in [1.82, 2.24) is 19.6 Å². The number of nitrogens with zero attached hydrogens (tertiary/aromatic N) is 4. The third-order valence-corrected chi connectivity index (χ3v) is 2.90. The number of aromatic nitrogens is 4. The Morgan fingerprint density at radius 1 is 1.10 bits per heavy atom. The molecule has 2 aromatic heterocycles. The van der Waals surface area contributed by atoms with Crippen molar-refractivity contribution >= 4 is 17.2 Å². The predicted molar refractivity (Wildman–Crippen MR) is 67.9 cm³/mol. The minimum absolute atomic E-state index is 0.188. The van der Waals surface area contributed by atoms with E-state index < -0.39 is 6.36 Å². The number of alkyl halides is 3. The van der Waals surface area contributed by atoms with Gasteiger partial charge in [0.25, 0.3) is 0 Å². The monoisotopic (exact) mass is 314 g/mol. The van der Waals surface area contributed by atoms with Crippen LogP contribution in [0.15, 0.2) is 36.7 Å². The molecule has 5 nitrogen and oxygen atoms in total. The third kappa shape index (κ3) is 2.75. The van der Waals surface area contributed by atoms with Crippen molar-refractivity contribution in [3.8, 4) is 17.1 Å². The van der Waals surface area contributed by atoms with Crippen LogP contribution in [0.25, 0.3) is 17.0 Å². The van der Waals surface area contributed by atoms with E-state index in [0.29, 0.717) is 17.0 Å². The van der Waals surface area contributed by atoms with Crippen molar-refractivity contribution < 1.29 is 17.9 Å². The molecule has 0 unspecified atom stereocenters. The van der Waals surface area contributed by atoms with E-state index in [2.05, 4.69) is 19.9 Å². The van der Waals surface area contributed by atoms with Gasteiger partial charge in [-0.1, -0.05) is 11.6 Å². The minimum atomic E-state index is -4.72. The van der Waals surface area contributed by atoms with Gasteiger partial charge in [0.15, 0.2) is 16.6 Å². The maximum Gasteiger partial charge on any atom is 0.573 e. The number of halogens is 4. The van der Waals surface area contributed by atoms with Gasteiger partial charge in [-0.2, -0.15) is 0 Å². The molecule has 108 valence electrons. The number of hydrogen-bond acceptors (Lipinski definition) is 4. The molecule has 9 heteroatoms. The van der Waals surface area contributed by atoms with Crippen LogP contribution in [0, 0.1) is 0 Å². The molecular weight excluding hydrogens is 309 g/mol. The number of ether oxygens (including phenoxy) is 1. The highest BCUT2D eigenvalue weighted by Gasteiger charge is 2.31. The van der Waals surface area contributed by atoms with Gasteiger partial charge in [-0.05, 0) is 24.3 Å². The molecule has 3 aromatic rings. The summed E-state index contributed by atoms with van der Waals surface area (Å²) in [6, 6.07) is 5.30. The maximum atomic E-state index is 12.1. The van der Waals surface area contributed by atoms with E-state index in [1.165, 1.54) is 30.5 Å². The highest BCUT2D eigenvalue weighted by atomic mass is 35.5. The molecule has 0 saturated carbocycles. The van der Waals surface area contributed by atoms with E-state index >= 15 is 0 Å². The summed E-state index contributed by atoms with van der Waals surface area (Å²) < 4.78 is 41.7. The molecule has 0 aliphatic rings. The minimum Gasteiger partial charge on any atom is -0.406 e. The fourth-order valence-electron chi connectivity index (χ4n) is 1.80. The number of rotatable bonds is 2. The summed E-state index contributed by atoms with van der Waals surface area (Å²) in [6.45, 7) is 0. The lowest BCUT2D eigenvalue weighted by Gasteiger charge is -2.08. The summed E-state index contributed by atoms with van der Waals surface area (Å²) in [7, 11) is 0. The molecule has 2 heterocycles. The normalized spacial score (nSPS) is 11.8. The average Bonchev–Trinajstić information content (AvgIpc) is 2.83. The van der Waals surface area contributed by atoms with Crippen molar-refractivity contribution in [1.29, 1.82) is 0 Å². The van der Waals surface area contributed by atoms with Crippen LogP contribution >= 0.6 is 11.6 Å². The second kappa shape index (κ2) is 4.88. The fraction of sp³-hybridized carbons (Fsp3) is 0.0833. The topological polar surface area (TPSA) is 52.3 Å². The average molecular weight is 315 g/mol. The lowest BCUT2D eigenvalue weighted by molar-refractivity contribution is -0.274. The van der Waals surface area contributed by atoms with Crippen LogP contribution < -0.4 is 4.74 Å². The van der Waals surface area contributed by atoms with Gasteiger partial charge in [0.05, 0.1) is 0 Å². The van der Waals surface area contributed by atoms with Gasteiger partial charge < -0.3 is 4.74 Å². The second-order valence-electron chi connectivity index (χ2n) is 4.01. The molecule has 1 aromatic carbocycles. The molecule has 0 N–H and O–H groups in total. The van der Waals surface area contributed by atoms with Gasteiger partial charge in [-0.25, -0.2) is 4.98 Å². The Labute approximate surface area is 121 Å². The van der Waals surface area contributed by atoms with Crippen molar-refractivity contribution in [2.75, 3.05) is 0 Å². The second-order valence-corrected chi connectivity index (χ2v) is 4.37. The molecule has 0 saturated heterocycles. The summed E-state index contributed by atoms with van der Waals surface area (Å²) in [5.74, 6) is 0.132. The Kier molecular flexibility index (Phi) is 3.17. The first kappa shape index (κ1) is 13.6. The van der Waals surface area contributed by atoms with Gasteiger partial charge in [0.2, 0.25) is 0 Å². The highest BCUT2D eigenvalue weighted by molar-refractivity contribution is 6.32. The van der Waals surface area contributed by atoms with E-state index in [0.717, 1.165) is 0 Å². The first-order valence-electron chi connectivity index (χ1n) is 5.65. The van der Waals surface area contributed by atoms with E-state index in [-0.39, 0.29) is 10.9 Å². The zero-order valence-corrected chi connectivity index (χ0v) is 10.9. The first-order valence-corrected chi connectivity index (χ1v) is 6.03. The third-order valence-electron chi connectivity index (χ3n) is 2.63. The number of fused-ring (bicyclic) bond motifs is 1. The zero-order chi connectivity index (χ0) is 15.0. The molecule has 0 radical (unpaired) electrons. The van der Waals surface area contributed by atoms with Crippen LogP contribution in [0.5, 0.6) is 5.75 Å². The summed E-state index contributed by atoms with van der Waals surface area (Å²) in [6.07, 6.45) is -1.64. The molecule has 0 aliphatic carbocycles. The van der Waals surface area contributed by atoms with Gasteiger partial charge in [-0.15, -0.1) is 23.4 Å². The Morgan fingerprint density at radius 3 is 2.48 bits per heavy atom. The summed E-state index contributed by atoms with van der Waals surface area (Å²) in [5.41, 5.74) is 0.934. The Hall–Kier alpha value is -2.35. The molecule has 3 rings (SSSR count). The van der Waals surface area contributed by atoms with Gasteiger partial charge >= 0.3 is 6.36 Å². The lowest BCUT2D eigenvalue weighted by Crippen LogP contribution is -2.16. The quantitative estimate of drug-likeness (QED) is 0.728. The predicted octanol–water partition coefficient (Wildman–Crippen LogP) is 3.34. The molecule has 0 amide bonds. The molecule has 0 atom stereocenters. The van der Waals surface area contributed by atoms with Crippen LogP contribution in [-0.4, -0.2) is 25.9 Å². The zero-order valence-electron chi connectivity index (χ0n) is 10.2. The summed E-state index contributed by atoms with van der Waals surface area (Å²) in [5, 5.41) is 8.03. The van der Waals surface area contributed by atoms with Crippen molar-refractivity contribution in [3.63, 3.8) is 0 Å². The van der Waals surface area contributed by atoms with Crippen LogP contribution in [-0.2, 0) is 0 Å². The van der Waals surface area contributed by atoms with Crippen molar-refractivity contribution in [2.24, 2.45) is 0 Å². The van der Waals surface area contributed by atoms with Crippen molar-refractivity contribution in [2.45, 2.75) is 6.36 Å². The largest absolute Gasteiger partial charge is 0.573 e. The molecule has 0 spiro atoms. The standard InChI is InChI=1S/C12H6ClF3N4O/c13-9-11-19-18-10(20(11)6-5-17-9)7-1-3-8(4-2-7)21-12(14,15)16/h1-6H. The fourth-order valence-corrected chi connectivity index (χ4v) is 1.98. The Bertz CT molecular complexity index is 785. The highest BCUT2D eigenvalue weighted by Crippen LogP contribution is 2.26. The first-order chi connectivity index (χ1) is 9.94. The Morgan fingerprint density at radius 2 is 1.81 bits per heavy atom. The van der Waals surface area contributed by atoms with E-state index in [1.54, 1.807) is 10.6 Å². The van der Waals surface area contributed by atoms with Gasteiger partial charge in [0.1, 0.15) is 5.75 Å². The Balaban J connectivity index is 1.98. The molecular formula is C12H6ClF3N4O. The molecule has 0 aliphatic heterocycles. The lowest BCUT2D eigenvalue weighted by atomic mass is 10.2. The number of hydrogen-bond donors (Lipinski definition) is 0. The van der Waals surface area contributed by atoms with Crippen LogP contribution in [0.4, 0.5) is 13.2 Å². The van der Waals surface area contributed by atoms with E-state index in [4.69, 9.17) is 11.6 Å². The molecule has 21 heavy (non-hydrogen) atoms. The van der Waals surface area contributed by atoms with Crippen LogP contribution in [0.2, 0.25) is 5.15 Å². The van der Waals surface area contributed by atoms with Crippen molar-refractivity contribution in [3.05, 3.63) is 41.8 Å². The van der Waals surface area contributed by atoms with Crippen LogP contribution in [0.3, 0.4) is 0 Å². The van der Waals surface area contributed by atoms with Gasteiger partial charge in [-0.3, -0.25) is 4.40 Å². The van der Waals surface area contributed by atoms with Crippen LogP contribution in [0.1, 0.15) is 0 Å². The smallest absolute Gasteiger partial charge is 0.406 e.